The molecule has 0 radical (unpaired) electrons. The van der Waals surface area contributed by atoms with Crippen molar-refractivity contribution in [2.24, 2.45) is 5.73 Å². The third-order valence-corrected chi connectivity index (χ3v) is 4.46. The van der Waals surface area contributed by atoms with E-state index in [0.717, 1.165) is 32.6 Å². The van der Waals surface area contributed by atoms with E-state index < -0.39 is 0 Å². The molecule has 0 aromatic heterocycles. The Morgan fingerprint density at radius 1 is 0.950 bits per heavy atom. The van der Waals surface area contributed by atoms with Crippen LogP contribution in [-0.2, 0) is 12.0 Å². The lowest BCUT2D eigenvalue weighted by Gasteiger charge is -2.28. The first-order chi connectivity index (χ1) is 9.82. The van der Waals surface area contributed by atoms with Crippen molar-refractivity contribution in [3.63, 3.8) is 0 Å². The lowest BCUT2D eigenvalue weighted by Crippen LogP contribution is -2.38. The number of nitrogens with zero attached hydrogens (tertiary/aromatic N) is 1. The van der Waals surface area contributed by atoms with Crippen LogP contribution in [0.5, 0.6) is 0 Å². The van der Waals surface area contributed by atoms with Gasteiger partial charge in [-0.2, -0.15) is 0 Å². The van der Waals surface area contributed by atoms with Crippen LogP contribution in [0.3, 0.4) is 0 Å². The fourth-order valence-corrected chi connectivity index (χ4v) is 3.25. The summed E-state index contributed by atoms with van der Waals surface area (Å²) in [6.45, 7) is 3.93. The van der Waals surface area contributed by atoms with Crippen LogP contribution in [0.1, 0.15) is 17.5 Å². The Labute approximate surface area is 121 Å². The van der Waals surface area contributed by atoms with Gasteiger partial charge in [-0.15, -0.1) is 0 Å². The van der Waals surface area contributed by atoms with Gasteiger partial charge in [0.15, 0.2) is 0 Å². The summed E-state index contributed by atoms with van der Waals surface area (Å²) in [7, 11) is 0. The van der Waals surface area contributed by atoms with E-state index in [1.54, 1.807) is 0 Å². The molecule has 1 atom stereocenters. The Kier molecular flexibility index (Phi) is 3.86. The van der Waals surface area contributed by atoms with Gasteiger partial charge in [0.25, 0.3) is 0 Å². The summed E-state index contributed by atoms with van der Waals surface area (Å²) in [4.78, 5) is 2.52. The molecule has 1 unspecified atom stereocenters. The molecule has 104 valence electrons. The van der Waals surface area contributed by atoms with Crippen LogP contribution in [-0.4, -0.2) is 24.5 Å². The Morgan fingerprint density at radius 2 is 1.60 bits per heavy atom. The maximum absolute atomic E-state index is 6.13. The normalized spacial score (nSPS) is 23.1. The highest BCUT2D eigenvalue weighted by atomic mass is 15.2. The number of rotatable bonds is 4. The molecular weight excluding hydrogens is 244 g/mol. The van der Waals surface area contributed by atoms with Crippen LogP contribution in [0, 0.1) is 0 Å². The van der Waals surface area contributed by atoms with Crippen LogP contribution in [0.4, 0.5) is 0 Å². The monoisotopic (exact) mass is 266 g/mol. The quantitative estimate of drug-likeness (QED) is 0.922. The molecule has 2 aromatic rings. The van der Waals surface area contributed by atoms with Crippen molar-refractivity contribution in [1.82, 2.24) is 4.90 Å². The van der Waals surface area contributed by atoms with Crippen LogP contribution >= 0.6 is 0 Å². The van der Waals surface area contributed by atoms with Crippen molar-refractivity contribution in [3.8, 4) is 0 Å². The van der Waals surface area contributed by atoms with Crippen LogP contribution in [0.2, 0.25) is 0 Å². The highest BCUT2D eigenvalue weighted by Gasteiger charge is 2.38. The maximum Gasteiger partial charge on any atom is 0.0234 e. The maximum atomic E-state index is 6.13. The van der Waals surface area contributed by atoms with E-state index in [-0.39, 0.29) is 5.41 Å². The topological polar surface area (TPSA) is 29.3 Å². The molecule has 1 fully saturated rings. The zero-order valence-electron chi connectivity index (χ0n) is 11.8. The van der Waals surface area contributed by atoms with Crippen molar-refractivity contribution in [2.45, 2.75) is 18.4 Å². The van der Waals surface area contributed by atoms with E-state index in [0.29, 0.717) is 0 Å². The van der Waals surface area contributed by atoms with Crippen molar-refractivity contribution in [3.05, 3.63) is 71.8 Å². The molecule has 0 bridgehead atoms. The summed E-state index contributed by atoms with van der Waals surface area (Å²) in [6, 6.07) is 21.4. The van der Waals surface area contributed by atoms with Gasteiger partial charge in [-0.3, -0.25) is 4.90 Å². The van der Waals surface area contributed by atoms with Crippen LogP contribution in [0.15, 0.2) is 60.7 Å². The molecule has 1 saturated heterocycles. The Hall–Kier alpha value is -1.64. The minimum absolute atomic E-state index is 0.135. The average molecular weight is 266 g/mol. The van der Waals surface area contributed by atoms with Crippen LogP contribution in [0.25, 0.3) is 0 Å². The van der Waals surface area contributed by atoms with E-state index in [2.05, 4.69) is 65.6 Å². The van der Waals surface area contributed by atoms with Gasteiger partial charge in [-0.25, -0.2) is 0 Å². The van der Waals surface area contributed by atoms with Crippen molar-refractivity contribution in [2.75, 3.05) is 19.6 Å². The van der Waals surface area contributed by atoms with Gasteiger partial charge in [0, 0.05) is 25.0 Å². The van der Waals surface area contributed by atoms with Crippen molar-refractivity contribution in [1.29, 1.82) is 0 Å². The molecule has 3 rings (SSSR count). The van der Waals surface area contributed by atoms with E-state index in [1.807, 2.05) is 0 Å². The van der Waals surface area contributed by atoms with E-state index in [4.69, 9.17) is 5.73 Å². The summed E-state index contributed by atoms with van der Waals surface area (Å²) in [5.74, 6) is 0. The molecule has 2 N–H and O–H groups in total. The first kappa shape index (κ1) is 13.3. The fraction of sp³-hybridized carbons (Fsp3) is 0.333. The Balaban J connectivity index is 1.74. The molecule has 0 spiro atoms. The molecule has 1 aliphatic rings. The summed E-state index contributed by atoms with van der Waals surface area (Å²) < 4.78 is 0. The van der Waals surface area contributed by atoms with E-state index in [1.165, 1.54) is 11.1 Å². The predicted octanol–water partition coefficient (Wildman–Crippen LogP) is 2.79. The summed E-state index contributed by atoms with van der Waals surface area (Å²) in [5.41, 5.74) is 9.03. The molecule has 1 aliphatic heterocycles. The zero-order valence-corrected chi connectivity index (χ0v) is 11.8. The number of nitrogens with two attached hydrogens (primary N) is 1. The molecule has 2 heteroatoms. The number of hydrogen-bond donors (Lipinski definition) is 1. The first-order valence-electron chi connectivity index (χ1n) is 7.34. The second kappa shape index (κ2) is 5.78. The second-order valence-corrected chi connectivity index (χ2v) is 5.80. The Morgan fingerprint density at radius 3 is 2.25 bits per heavy atom. The Bertz CT molecular complexity index is 538. The summed E-state index contributed by atoms with van der Waals surface area (Å²) in [6.07, 6.45) is 1.15. The minimum atomic E-state index is 0.135. The molecule has 1 heterocycles. The number of likely N-dealkylation sites (tertiary alicyclic amines) is 1. The van der Waals surface area contributed by atoms with Gasteiger partial charge < -0.3 is 5.73 Å². The first-order valence-corrected chi connectivity index (χ1v) is 7.34. The van der Waals surface area contributed by atoms with Gasteiger partial charge in [0.2, 0.25) is 0 Å². The molecule has 20 heavy (non-hydrogen) atoms. The van der Waals surface area contributed by atoms with Crippen molar-refractivity contribution < 1.29 is 0 Å². The second-order valence-electron chi connectivity index (χ2n) is 5.80. The molecule has 0 saturated carbocycles. The van der Waals surface area contributed by atoms with Gasteiger partial charge in [0.05, 0.1) is 0 Å². The predicted molar refractivity (Wildman–Crippen MR) is 83.5 cm³/mol. The van der Waals surface area contributed by atoms with Crippen LogP contribution < -0.4 is 5.73 Å². The lowest BCUT2D eigenvalue weighted by molar-refractivity contribution is 0.304. The third kappa shape index (κ3) is 2.62. The van der Waals surface area contributed by atoms with Gasteiger partial charge in [-0.05, 0) is 24.1 Å². The highest BCUT2D eigenvalue weighted by molar-refractivity contribution is 5.28. The number of hydrogen-bond acceptors (Lipinski definition) is 2. The molecule has 0 aliphatic carbocycles. The lowest BCUT2D eigenvalue weighted by atomic mass is 9.80. The summed E-state index contributed by atoms with van der Waals surface area (Å²) in [5, 5.41) is 0. The standard InChI is InChI=1S/C18H22N2/c19-14-18(17-9-5-2-6-10-17)11-12-20(15-18)13-16-7-3-1-4-8-16/h1-10H,11-15,19H2. The summed E-state index contributed by atoms with van der Waals surface area (Å²) >= 11 is 0. The molecule has 2 aromatic carbocycles. The third-order valence-electron chi connectivity index (χ3n) is 4.46. The molecule has 2 nitrogen and oxygen atoms in total. The van der Waals surface area contributed by atoms with Crippen molar-refractivity contribution >= 4 is 0 Å². The van der Waals surface area contributed by atoms with Gasteiger partial charge in [0.1, 0.15) is 0 Å². The van der Waals surface area contributed by atoms with Gasteiger partial charge >= 0.3 is 0 Å². The molecular formula is C18H22N2. The number of benzene rings is 2. The zero-order chi connectivity index (χ0) is 13.8. The largest absolute Gasteiger partial charge is 0.330 e. The average Bonchev–Trinajstić information content (AvgIpc) is 2.94. The highest BCUT2D eigenvalue weighted by Crippen LogP contribution is 2.34. The fourth-order valence-electron chi connectivity index (χ4n) is 3.25. The molecule has 0 amide bonds. The smallest absolute Gasteiger partial charge is 0.0234 e. The van der Waals surface area contributed by atoms with Gasteiger partial charge in [-0.1, -0.05) is 60.7 Å². The minimum Gasteiger partial charge on any atom is -0.330 e. The van der Waals surface area contributed by atoms with E-state index >= 15 is 0 Å². The van der Waals surface area contributed by atoms with E-state index in [9.17, 15) is 0 Å². The SMILES string of the molecule is NCC1(c2ccccc2)CCN(Cc2ccccc2)C1.